The molecule has 0 aliphatic rings. The van der Waals surface area contributed by atoms with Gasteiger partial charge in [0.25, 0.3) is 0 Å². The number of benzene rings is 1. The van der Waals surface area contributed by atoms with Gasteiger partial charge in [-0.1, -0.05) is 17.7 Å². The molecule has 2 aromatic rings. The van der Waals surface area contributed by atoms with E-state index in [9.17, 15) is 13.2 Å². The lowest BCUT2D eigenvalue weighted by atomic mass is 10.2. The second kappa shape index (κ2) is 5.77. The number of hydrogen-bond donors (Lipinski definition) is 1. The molecule has 0 saturated heterocycles. The van der Waals surface area contributed by atoms with Gasteiger partial charge >= 0.3 is 6.18 Å². The Morgan fingerprint density at radius 2 is 1.90 bits per heavy atom. The minimum Gasteiger partial charge on any atom is -0.437 e. The monoisotopic (exact) mass is 317 g/mol. The van der Waals surface area contributed by atoms with Gasteiger partial charge in [0, 0.05) is 13.1 Å². The van der Waals surface area contributed by atoms with E-state index in [-0.39, 0.29) is 22.5 Å². The molecular weight excluding hydrogens is 307 g/mol. The molecule has 1 aromatic carbocycles. The lowest BCUT2D eigenvalue weighted by molar-refractivity contribution is -0.145. The molecule has 112 valence electrons. The molecule has 4 nitrogen and oxygen atoms in total. The van der Waals surface area contributed by atoms with Gasteiger partial charge in [-0.3, -0.25) is 0 Å². The van der Waals surface area contributed by atoms with Gasteiger partial charge in [0.2, 0.25) is 11.7 Å². The van der Waals surface area contributed by atoms with Gasteiger partial charge in [0.1, 0.15) is 11.6 Å². The molecule has 1 N–H and O–H groups in total. The van der Waals surface area contributed by atoms with Crippen molar-refractivity contribution in [1.82, 2.24) is 9.97 Å². The Balaban J connectivity index is 2.42. The standard InChI is InChI=1S/C13H11ClF3N3O/c1-7-3-4-8(14)9(5-7)21-11-6-10(18-2)19-12(20-11)13(15,16)17/h3-6H,1-2H3,(H,18,19,20). The van der Waals surface area contributed by atoms with Crippen molar-refractivity contribution in [3.05, 3.63) is 40.7 Å². The summed E-state index contributed by atoms with van der Waals surface area (Å²) < 4.78 is 43.5. The number of rotatable bonds is 3. The molecule has 2 rings (SSSR count). The zero-order valence-corrected chi connectivity index (χ0v) is 11.9. The van der Waals surface area contributed by atoms with Crippen molar-refractivity contribution in [3.63, 3.8) is 0 Å². The summed E-state index contributed by atoms with van der Waals surface area (Å²) in [5, 5.41) is 2.80. The lowest BCUT2D eigenvalue weighted by Crippen LogP contribution is -2.12. The second-order valence-corrected chi connectivity index (χ2v) is 4.61. The molecule has 0 fully saturated rings. The summed E-state index contributed by atoms with van der Waals surface area (Å²) in [6.45, 7) is 1.81. The Morgan fingerprint density at radius 1 is 1.19 bits per heavy atom. The summed E-state index contributed by atoms with van der Waals surface area (Å²) in [6.07, 6.45) is -4.67. The van der Waals surface area contributed by atoms with Crippen LogP contribution in [0.4, 0.5) is 19.0 Å². The summed E-state index contributed by atoms with van der Waals surface area (Å²) in [5.41, 5.74) is 0.855. The van der Waals surface area contributed by atoms with Crippen LogP contribution in [0.3, 0.4) is 0 Å². The van der Waals surface area contributed by atoms with E-state index in [0.717, 1.165) is 5.56 Å². The number of alkyl halides is 3. The Bertz CT molecular complexity index is 662. The summed E-state index contributed by atoms with van der Waals surface area (Å²) in [4.78, 5) is 6.71. The largest absolute Gasteiger partial charge is 0.451 e. The third-order valence-corrected chi connectivity index (χ3v) is 2.83. The van der Waals surface area contributed by atoms with Crippen LogP contribution in [0.15, 0.2) is 24.3 Å². The fourth-order valence-electron chi connectivity index (χ4n) is 1.53. The van der Waals surface area contributed by atoms with Crippen molar-refractivity contribution in [2.45, 2.75) is 13.1 Å². The summed E-state index contributed by atoms with van der Waals surface area (Å²) in [7, 11) is 1.45. The summed E-state index contributed by atoms with van der Waals surface area (Å²) in [6, 6.07) is 6.22. The SMILES string of the molecule is CNc1cc(Oc2cc(C)ccc2Cl)nc(C(F)(F)F)n1. The van der Waals surface area contributed by atoms with E-state index in [0.29, 0.717) is 0 Å². The van der Waals surface area contributed by atoms with Crippen molar-refractivity contribution >= 4 is 17.4 Å². The second-order valence-electron chi connectivity index (χ2n) is 4.20. The number of halogens is 4. The Kier molecular flexibility index (Phi) is 4.22. The smallest absolute Gasteiger partial charge is 0.437 e. The van der Waals surface area contributed by atoms with E-state index in [1.807, 2.05) is 6.92 Å². The van der Waals surface area contributed by atoms with Gasteiger partial charge in [-0.15, -0.1) is 0 Å². The average molecular weight is 318 g/mol. The van der Waals surface area contributed by atoms with E-state index in [1.54, 1.807) is 18.2 Å². The molecule has 21 heavy (non-hydrogen) atoms. The molecule has 0 unspecified atom stereocenters. The highest BCUT2D eigenvalue weighted by atomic mass is 35.5. The van der Waals surface area contributed by atoms with Gasteiger partial charge in [0.15, 0.2) is 0 Å². The number of nitrogens with zero attached hydrogens (tertiary/aromatic N) is 2. The van der Waals surface area contributed by atoms with Crippen LogP contribution in [0.2, 0.25) is 5.02 Å². The molecule has 0 amide bonds. The number of aromatic nitrogens is 2. The van der Waals surface area contributed by atoms with Crippen LogP contribution in [0.25, 0.3) is 0 Å². The normalized spacial score (nSPS) is 11.3. The van der Waals surface area contributed by atoms with Crippen molar-refractivity contribution in [1.29, 1.82) is 0 Å². The first-order valence-electron chi connectivity index (χ1n) is 5.87. The lowest BCUT2D eigenvalue weighted by Gasteiger charge is -2.11. The van der Waals surface area contributed by atoms with E-state index >= 15 is 0 Å². The van der Waals surface area contributed by atoms with E-state index in [2.05, 4.69) is 15.3 Å². The quantitative estimate of drug-likeness (QED) is 0.917. The topological polar surface area (TPSA) is 47.0 Å². The third-order valence-electron chi connectivity index (χ3n) is 2.51. The maximum absolute atomic E-state index is 12.7. The van der Waals surface area contributed by atoms with Crippen molar-refractivity contribution in [2.75, 3.05) is 12.4 Å². The molecule has 0 spiro atoms. The first kappa shape index (κ1) is 15.4. The highest BCUT2D eigenvalue weighted by molar-refractivity contribution is 6.32. The van der Waals surface area contributed by atoms with Crippen LogP contribution < -0.4 is 10.1 Å². The van der Waals surface area contributed by atoms with Gasteiger partial charge in [-0.05, 0) is 24.6 Å². The van der Waals surface area contributed by atoms with Crippen molar-refractivity contribution in [3.8, 4) is 11.6 Å². The maximum Gasteiger partial charge on any atom is 0.451 e. The van der Waals surface area contributed by atoms with Gasteiger partial charge < -0.3 is 10.1 Å². The molecule has 1 heterocycles. The molecule has 0 radical (unpaired) electrons. The van der Waals surface area contributed by atoms with Crippen LogP contribution in [0.1, 0.15) is 11.4 Å². The maximum atomic E-state index is 12.7. The minimum atomic E-state index is -4.67. The number of anilines is 1. The molecular formula is C13H11ClF3N3O. The van der Waals surface area contributed by atoms with Crippen LogP contribution in [-0.2, 0) is 6.18 Å². The summed E-state index contributed by atoms with van der Waals surface area (Å²) >= 11 is 5.94. The fraction of sp³-hybridized carbons (Fsp3) is 0.231. The van der Waals surface area contributed by atoms with E-state index < -0.39 is 12.0 Å². The minimum absolute atomic E-state index is 0.00361. The van der Waals surface area contributed by atoms with Gasteiger partial charge in [0.05, 0.1) is 5.02 Å². The predicted octanol–water partition coefficient (Wildman–Crippen LogP) is 4.29. The molecule has 0 saturated carbocycles. The predicted molar refractivity (Wildman–Crippen MR) is 72.8 cm³/mol. The Hall–Kier alpha value is -2.02. The number of ether oxygens (including phenoxy) is 1. The first-order valence-corrected chi connectivity index (χ1v) is 6.25. The van der Waals surface area contributed by atoms with Crippen LogP contribution in [0.5, 0.6) is 11.6 Å². The molecule has 0 bridgehead atoms. The number of hydrogen-bond acceptors (Lipinski definition) is 4. The van der Waals surface area contributed by atoms with E-state index in [4.69, 9.17) is 16.3 Å². The van der Waals surface area contributed by atoms with Crippen molar-refractivity contribution < 1.29 is 17.9 Å². The molecule has 0 aliphatic carbocycles. The Morgan fingerprint density at radius 3 is 2.52 bits per heavy atom. The highest BCUT2D eigenvalue weighted by Gasteiger charge is 2.35. The highest BCUT2D eigenvalue weighted by Crippen LogP contribution is 2.33. The molecule has 0 aliphatic heterocycles. The average Bonchev–Trinajstić information content (AvgIpc) is 2.41. The molecule has 1 aromatic heterocycles. The Labute approximate surface area is 123 Å². The zero-order chi connectivity index (χ0) is 15.6. The first-order chi connectivity index (χ1) is 9.79. The number of nitrogens with one attached hydrogen (secondary N) is 1. The van der Waals surface area contributed by atoms with Crippen molar-refractivity contribution in [2.24, 2.45) is 0 Å². The molecule has 8 heteroatoms. The zero-order valence-electron chi connectivity index (χ0n) is 11.1. The fourth-order valence-corrected chi connectivity index (χ4v) is 1.69. The number of aryl methyl sites for hydroxylation is 1. The van der Waals surface area contributed by atoms with Crippen LogP contribution >= 0.6 is 11.6 Å². The van der Waals surface area contributed by atoms with Gasteiger partial charge in [-0.2, -0.15) is 18.2 Å². The van der Waals surface area contributed by atoms with Crippen LogP contribution in [-0.4, -0.2) is 17.0 Å². The summed E-state index contributed by atoms with van der Waals surface area (Å²) in [5.74, 6) is -1.30. The van der Waals surface area contributed by atoms with E-state index in [1.165, 1.54) is 13.1 Å². The van der Waals surface area contributed by atoms with Crippen LogP contribution in [0, 0.1) is 6.92 Å². The van der Waals surface area contributed by atoms with Gasteiger partial charge in [-0.25, -0.2) is 4.98 Å². The third kappa shape index (κ3) is 3.75. The molecule has 0 atom stereocenters.